The van der Waals surface area contributed by atoms with Crippen LogP contribution in [0.25, 0.3) is 0 Å². The summed E-state index contributed by atoms with van der Waals surface area (Å²) in [7, 11) is 0. The highest BCUT2D eigenvalue weighted by atomic mass is 35.5. The molecular weight excluding hydrogens is 198 g/mol. The second kappa shape index (κ2) is 5.01. The zero-order valence-corrected chi connectivity index (χ0v) is 9.14. The Morgan fingerprint density at radius 2 is 2.00 bits per heavy atom. The fourth-order valence-corrected chi connectivity index (χ4v) is 1.14. The van der Waals surface area contributed by atoms with E-state index in [1.54, 1.807) is 24.3 Å². The average molecular weight is 212 g/mol. The summed E-state index contributed by atoms with van der Waals surface area (Å²) in [5, 5.41) is 3.53. The normalized spacial score (nSPS) is 12.2. The van der Waals surface area contributed by atoms with Crippen LogP contribution in [0.15, 0.2) is 24.3 Å². The van der Waals surface area contributed by atoms with Gasteiger partial charge in [-0.1, -0.05) is 18.5 Å². The quantitative estimate of drug-likeness (QED) is 0.819. The predicted molar refractivity (Wildman–Crippen MR) is 58.7 cm³/mol. The van der Waals surface area contributed by atoms with Crippen LogP contribution < -0.4 is 5.32 Å². The molecular formula is C11H14ClNO. The minimum atomic E-state index is -0.0454. The van der Waals surface area contributed by atoms with Gasteiger partial charge in [0, 0.05) is 16.6 Å². The first-order valence-corrected chi connectivity index (χ1v) is 5.07. The lowest BCUT2D eigenvalue weighted by atomic mass is 10.2. The van der Waals surface area contributed by atoms with E-state index in [9.17, 15) is 4.79 Å². The SMILES string of the molecule is CCC(C)NC(=O)c1ccc(Cl)cc1. The standard InChI is InChI=1S/C11H14ClNO/c1-3-8(2)13-11(14)9-4-6-10(12)7-5-9/h4-8H,3H2,1-2H3,(H,13,14). The molecule has 0 heterocycles. The second-order valence-electron chi connectivity index (χ2n) is 3.29. The van der Waals surface area contributed by atoms with Gasteiger partial charge in [0.15, 0.2) is 0 Å². The topological polar surface area (TPSA) is 29.1 Å². The van der Waals surface area contributed by atoms with Crippen LogP contribution in [0, 0.1) is 0 Å². The Balaban J connectivity index is 2.65. The number of nitrogens with one attached hydrogen (secondary N) is 1. The molecule has 0 radical (unpaired) electrons. The maximum absolute atomic E-state index is 11.6. The first kappa shape index (κ1) is 11.1. The van der Waals surface area contributed by atoms with Gasteiger partial charge in [0.25, 0.3) is 5.91 Å². The van der Waals surface area contributed by atoms with Gasteiger partial charge in [-0.3, -0.25) is 4.79 Å². The van der Waals surface area contributed by atoms with Gasteiger partial charge in [-0.2, -0.15) is 0 Å². The molecule has 0 fully saturated rings. The summed E-state index contributed by atoms with van der Waals surface area (Å²) in [6.07, 6.45) is 0.930. The highest BCUT2D eigenvalue weighted by Gasteiger charge is 2.07. The van der Waals surface area contributed by atoms with Crippen molar-refractivity contribution >= 4 is 17.5 Å². The molecule has 0 aliphatic heterocycles. The molecule has 1 rings (SSSR count). The molecule has 0 spiro atoms. The lowest BCUT2D eigenvalue weighted by Crippen LogP contribution is -2.31. The van der Waals surface area contributed by atoms with Crippen molar-refractivity contribution < 1.29 is 4.79 Å². The Labute approximate surface area is 89.3 Å². The van der Waals surface area contributed by atoms with E-state index in [1.165, 1.54) is 0 Å². The summed E-state index contributed by atoms with van der Waals surface area (Å²) in [6, 6.07) is 7.08. The van der Waals surface area contributed by atoms with E-state index < -0.39 is 0 Å². The van der Waals surface area contributed by atoms with Crippen molar-refractivity contribution in [1.29, 1.82) is 0 Å². The van der Waals surface area contributed by atoms with Crippen LogP contribution in [0.1, 0.15) is 30.6 Å². The Morgan fingerprint density at radius 3 is 2.50 bits per heavy atom. The highest BCUT2D eigenvalue weighted by molar-refractivity contribution is 6.30. The molecule has 14 heavy (non-hydrogen) atoms. The van der Waals surface area contributed by atoms with Crippen molar-refractivity contribution in [2.75, 3.05) is 0 Å². The molecule has 1 amide bonds. The summed E-state index contributed by atoms with van der Waals surface area (Å²) >= 11 is 5.72. The van der Waals surface area contributed by atoms with Crippen LogP contribution in [-0.4, -0.2) is 11.9 Å². The third kappa shape index (κ3) is 3.04. The number of hydrogen-bond acceptors (Lipinski definition) is 1. The van der Waals surface area contributed by atoms with E-state index in [-0.39, 0.29) is 11.9 Å². The van der Waals surface area contributed by atoms with Crippen molar-refractivity contribution in [2.24, 2.45) is 0 Å². The summed E-state index contributed by atoms with van der Waals surface area (Å²) < 4.78 is 0. The van der Waals surface area contributed by atoms with Crippen molar-refractivity contribution in [3.63, 3.8) is 0 Å². The lowest BCUT2D eigenvalue weighted by Gasteiger charge is -2.10. The van der Waals surface area contributed by atoms with Gasteiger partial charge in [0.2, 0.25) is 0 Å². The fraction of sp³-hybridized carbons (Fsp3) is 0.364. The Hall–Kier alpha value is -1.02. The molecule has 3 heteroatoms. The molecule has 76 valence electrons. The molecule has 1 N–H and O–H groups in total. The highest BCUT2D eigenvalue weighted by Crippen LogP contribution is 2.09. The zero-order valence-electron chi connectivity index (χ0n) is 8.38. The maximum atomic E-state index is 11.6. The van der Waals surface area contributed by atoms with E-state index in [2.05, 4.69) is 5.32 Å². The molecule has 0 saturated carbocycles. The first-order valence-electron chi connectivity index (χ1n) is 4.70. The van der Waals surface area contributed by atoms with Crippen LogP contribution in [0.2, 0.25) is 5.02 Å². The summed E-state index contributed by atoms with van der Waals surface area (Å²) in [5.74, 6) is -0.0454. The van der Waals surface area contributed by atoms with E-state index in [0.29, 0.717) is 10.6 Å². The minimum absolute atomic E-state index is 0.0454. The van der Waals surface area contributed by atoms with E-state index in [4.69, 9.17) is 11.6 Å². The van der Waals surface area contributed by atoms with E-state index >= 15 is 0 Å². The molecule has 1 aromatic carbocycles. The van der Waals surface area contributed by atoms with Gasteiger partial charge >= 0.3 is 0 Å². The monoisotopic (exact) mass is 211 g/mol. The average Bonchev–Trinajstić information content (AvgIpc) is 2.18. The minimum Gasteiger partial charge on any atom is -0.350 e. The third-order valence-electron chi connectivity index (χ3n) is 2.10. The van der Waals surface area contributed by atoms with E-state index in [1.807, 2.05) is 13.8 Å². The van der Waals surface area contributed by atoms with Crippen molar-refractivity contribution in [3.8, 4) is 0 Å². The van der Waals surface area contributed by atoms with Crippen LogP contribution in [0.4, 0.5) is 0 Å². The largest absolute Gasteiger partial charge is 0.350 e. The van der Waals surface area contributed by atoms with Crippen molar-refractivity contribution in [3.05, 3.63) is 34.9 Å². The number of benzene rings is 1. The summed E-state index contributed by atoms with van der Waals surface area (Å²) in [6.45, 7) is 4.01. The van der Waals surface area contributed by atoms with Crippen LogP contribution in [-0.2, 0) is 0 Å². The Kier molecular flexibility index (Phi) is 3.96. The predicted octanol–water partition coefficient (Wildman–Crippen LogP) is 2.87. The molecule has 0 saturated heterocycles. The van der Waals surface area contributed by atoms with Gasteiger partial charge in [-0.05, 0) is 37.6 Å². The Morgan fingerprint density at radius 1 is 1.43 bits per heavy atom. The van der Waals surface area contributed by atoms with Crippen molar-refractivity contribution in [1.82, 2.24) is 5.32 Å². The van der Waals surface area contributed by atoms with E-state index in [0.717, 1.165) is 6.42 Å². The van der Waals surface area contributed by atoms with Crippen LogP contribution in [0.3, 0.4) is 0 Å². The van der Waals surface area contributed by atoms with Gasteiger partial charge in [-0.15, -0.1) is 0 Å². The molecule has 1 unspecified atom stereocenters. The molecule has 0 aliphatic rings. The second-order valence-corrected chi connectivity index (χ2v) is 3.73. The number of carbonyl (C=O) groups is 1. The molecule has 1 atom stereocenters. The summed E-state index contributed by atoms with van der Waals surface area (Å²) in [5.41, 5.74) is 0.648. The van der Waals surface area contributed by atoms with Gasteiger partial charge < -0.3 is 5.32 Å². The first-order chi connectivity index (χ1) is 6.63. The number of amides is 1. The zero-order chi connectivity index (χ0) is 10.6. The Bertz CT molecular complexity index is 308. The summed E-state index contributed by atoms with van der Waals surface area (Å²) in [4.78, 5) is 11.6. The smallest absolute Gasteiger partial charge is 0.251 e. The van der Waals surface area contributed by atoms with Gasteiger partial charge in [0.1, 0.15) is 0 Å². The number of hydrogen-bond donors (Lipinski definition) is 1. The van der Waals surface area contributed by atoms with Gasteiger partial charge in [0.05, 0.1) is 0 Å². The molecule has 0 bridgehead atoms. The fourth-order valence-electron chi connectivity index (χ4n) is 1.01. The third-order valence-corrected chi connectivity index (χ3v) is 2.35. The van der Waals surface area contributed by atoms with Crippen LogP contribution in [0.5, 0.6) is 0 Å². The molecule has 1 aromatic rings. The maximum Gasteiger partial charge on any atom is 0.251 e. The van der Waals surface area contributed by atoms with Crippen molar-refractivity contribution in [2.45, 2.75) is 26.3 Å². The molecule has 0 aliphatic carbocycles. The van der Waals surface area contributed by atoms with Gasteiger partial charge in [-0.25, -0.2) is 0 Å². The number of rotatable bonds is 3. The molecule has 0 aromatic heterocycles. The van der Waals surface area contributed by atoms with Crippen LogP contribution >= 0.6 is 11.6 Å². The number of carbonyl (C=O) groups excluding carboxylic acids is 1. The number of halogens is 1. The molecule has 2 nitrogen and oxygen atoms in total. The lowest BCUT2D eigenvalue weighted by molar-refractivity contribution is 0.0939.